The SMILES string of the molecule is CS(=O)(=O)N1CCc2cc(C(=O)COC(=O)c3cccc(C#N)c3)ccc21. The van der Waals surface area contributed by atoms with E-state index in [2.05, 4.69) is 0 Å². The van der Waals surface area contributed by atoms with Crippen LogP contribution in [0.5, 0.6) is 0 Å². The lowest BCUT2D eigenvalue weighted by Gasteiger charge is -2.16. The molecule has 1 heterocycles. The van der Waals surface area contributed by atoms with Crippen LogP contribution in [0.2, 0.25) is 0 Å². The first-order valence-electron chi connectivity index (χ1n) is 8.11. The summed E-state index contributed by atoms with van der Waals surface area (Å²) in [5.41, 5.74) is 2.20. The average Bonchev–Trinajstić information content (AvgIpc) is 3.09. The molecular weight excluding hydrogens is 368 g/mol. The number of benzene rings is 2. The van der Waals surface area contributed by atoms with E-state index >= 15 is 0 Å². The summed E-state index contributed by atoms with van der Waals surface area (Å²) in [6, 6.07) is 12.7. The molecule has 2 aromatic carbocycles. The summed E-state index contributed by atoms with van der Waals surface area (Å²) < 4.78 is 29.8. The predicted molar refractivity (Wildman–Crippen MR) is 98.1 cm³/mol. The third-order valence-corrected chi connectivity index (χ3v) is 5.40. The third-order valence-electron chi connectivity index (χ3n) is 4.22. The van der Waals surface area contributed by atoms with Crippen LogP contribution in [0.15, 0.2) is 42.5 Å². The van der Waals surface area contributed by atoms with E-state index < -0.39 is 22.6 Å². The second kappa shape index (κ2) is 7.21. The van der Waals surface area contributed by atoms with Gasteiger partial charge in [0.25, 0.3) is 0 Å². The van der Waals surface area contributed by atoms with Crippen molar-refractivity contribution in [2.45, 2.75) is 6.42 Å². The molecule has 0 N–H and O–H groups in total. The monoisotopic (exact) mass is 384 g/mol. The highest BCUT2D eigenvalue weighted by atomic mass is 32.2. The highest BCUT2D eigenvalue weighted by molar-refractivity contribution is 7.92. The number of rotatable bonds is 5. The fraction of sp³-hybridized carbons (Fsp3) is 0.211. The van der Waals surface area contributed by atoms with Gasteiger partial charge in [-0.05, 0) is 48.4 Å². The van der Waals surface area contributed by atoms with Crippen molar-refractivity contribution in [3.63, 3.8) is 0 Å². The Hall–Kier alpha value is -3.18. The number of ketones is 1. The summed E-state index contributed by atoms with van der Waals surface area (Å²) in [6.45, 7) is -0.0970. The fourth-order valence-corrected chi connectivity index (χ4v) is 3.86. The Morgan fingerprint density at radius 3 is 2.67 bits per heavy atom. The van der Waals surface area contributed by atoms with Crippen LogP contribution in [0.3, 0.4) is 0 Å². The van der Waals surface area contributed by atoms with Crippen LogP contribution in [0.4, 0.5) is 5.69 Å². The van der Waals surface area contributed by atoms with E-state index in [1.54, 1.807) is 24.3 Å². The second-order valence-corrected chi connectivity index (χ2v) is 8.03. The summed E-state index contributed by atoms with van der Waals surface area (Å²) in [7, 11) is -3.35. The molecule has 0 aliphatic carbocycles. The van der Waals surface area contributed by atoms with Gasteiger partial charge in [-0.15, -0.1) is 0 Å². The van der Waals surface area contributed by atoms with Crippen molar-refractivity contribution in [2.24, 2.45) is 0 Å². The zero-order valence-corrected chi connectivity index (χ0v) is 15.3. The van der Waals surface area contributed by atoms with Crippen molar-refractivity contribution in [2.75, 3.05) is 23.7 Å². The molecule has 138 valence electrons. The molecule has 0 bridgehead atoms. The molecule has 0 amide bonds. The average molecular weight is 384 g/mol. The molecule has 8 heteroatoms. The molecule has 0 unspecified atom stereocenters. The molecule has 0 spiro atoms. The molecule has 27 heavy (non-hydrogen) atoms. The largest absolute Gasteiger partial charge is 0.454 e. The highest BCUT2D eigenvalue weighted by Gasteiger charge is 2.26. The molecule has 0 fully saturated rings. The minimum absolute atomic E-state index is 0.194. The van der Waals surface area contributed by atoms with Crippen molar-refractivity contribution in [3.05, 3.63) is 64.7 Å². The van der Waals surface area contributed by atoms with Gasteiger partial charge in [0.1, 0.15) is 0 Å². The molecule has 2 aromatic rings. The number of fused-ring (bicyclic) bond motifs is 1. The fourth-order valence-electron chi connectivity index (χ4n) is 2.90. The predicted octanol–water partition coefficient (Wildman–Crippen LogP) is 1.92. The molecule has 7 nitrogen and oxygen atoms in total. The zero-order valence-electron chi connectivity index (χ0n) is 14.5. The maximum atomic E-state index is 12.3. The quantitative estimate of drug-likeness (QED) is 0.576. The van der Waals surface area contributed by atoms with Gasteiger partial charge in [-0.25, -0.2) is 13.2 Å². The molecule has 0 atom stereocenters. The molecule has 1 aliphatic rings. The number of hydrogen-bond donors (Lipinski definition) is 0. The lowest BCUT2D eigenvalue weighted by atomic mass is 10.1. The summed E-state index contributed by atoms with van der Waals surface area (Å²) in [5, 5.41) is 8.86. The normalized spacial score (nSPS) is 13.0. The van der Waals surface area contributed by atoms with Crippen LogP contribution in [0.25, 0.3) is 0 Å². The van der Waals surface area contributed by atoms with E-state index in [1.165, 1.54) is 22.5 Å². The van der Waals surface area contributed by atoms with Crippen LogP contribution in [-0.4, -0.2) is 39.6 Å². The van der Waals surface area contributed by atoms with E-state index in [0.717, 1.165) is 11.8 Å². The van der Waals surface area contributed by atoms with Crippen LogP contribution in [0, 0.1) is 11.3 Å². The van der Waals surface area contributed by atoms with E-state index in [-0.39, 0.29) is 11.3 Å². The van der Waals surface area contributed by atoms with Gasteiger partial charge >= 0.3 is 5.97 Å². The van der Waals surface area contributed by atoms with E-state index in [9.17, 15) is 18.0 Å². The zero-order chi connectivity index (χ0) is 19.6. The Bertz CT molecular complexity index is 1070. The van der Waals surface area contributed by atoms with Crippen molar-refractivity contribution < 1.29 is 22.7 Å². The summed E-state index contributed by atoms with van der Waals surface area (Å²) in [5.74, 6) is -1.08. The number of sulfonamides is 1. The van der Waals surface area contributed by atoms with E-state index in [4.69, 9.17) is 10.00 Å². The number of ether oxygens (including phenoxy) is 1. The van der Waals surface area contributed by atoms with Gasteiger partial charge in [-0.2, -0.15) is 5.26 Å². The summed E-state index contributed by atoms with van der Waals surface area (Å²) in [6.07, 6.45) is 1.66. The lowest BCUT2D eigenvalue weighted by Crippen LogP contribution is -2.27. The number of Topliss-reactive ketones (excluding diaryl/α,β-unsaturated/α-hetero) is 1. The summed E-state index contributed by atoms with van der Waals surface area (Å²) >= 11 is 0. The third kappa shape index (κ3) is 3.99. The second-order valence-electron chi connectivity index (χ2n) is 6.12. The Labute approximate surface area is 156 Å². The maximum Gasteiger partial charge on any atom is 0.338 e. The van der Waals surface area contributed by atoms with Gasteiger partial charge in [-0.3, -0.25) is 9.10 Å². The highest BCUT2D eigenvalue weighted by Crippen LogP contribution is 2.30. The summed E-state index contributed by atoms with van der Waals surface area (Å²) in [4.78, 5) is 24.4. The van der Waals surface area contributed by atoms with Gasteiger partial charge in [-0.1, -0.05) is 6.07 Å². The van der Waals surface area contributed by atoms with Crippen LogP contribution in [-0.2, 0) is 21.2 Å². The number of carbonyl (C=O) groups excluding carboxylic acids is 2. The minimum Gasteiger partial charge on any atom is -0.454 e. The Kier molecular flexibility index (Phi) is 4.97. The van der Waals surface area contributed by atoms with Crippen molar-refractivity contribution >= 4 is 27.5 Å². The Balaban J connectivity index is 1.69. The first kappa shape index (κ1) is 18.6. The van der Waals surface area contributed by atoms with Crippen LogP contribution >= 0.6 is 0 Å². The minimum atomic E-state index is -3.35. The van der Waals surface area contributed by atoms with Crippen molar-refractivity contribution in [1.29, 1.82) is 5.26 Å². The maximum absolute atomic E-state index is 12.3. The van der Waals surface area contributed by atoms with Gasteiger partial charge < -0.3 is 4.74 Å². The first-order valence-corrected chi connectivity index (χ1v) is 9.95. The van der Waals surface area contributed by atoms with Gasteiger partial charge in [0, 0.05) is 12.1 Å². The Morgan fingerprint density at radius 1 is 1.19 bits per heavy atom. The van der Waals surface area contributed by atoms with Gasteiger partial charge in [0.05, 0.1) is 29.1 Å². The van der Waals surface area contributed by atoms with Gasteiger partial charge in [0.15, 0.2) is 12.4 Å². The number of anilines is 1. The molecule has 0 saturated carbocycles. The number of nitriles is 1. The van der Waals surface area contributed by atoms with Gasteiger partial charge in [0.2, 0.25) is 10.0 Å². The number of carbonyl (C=O) groups is 2. The molecule has 0 radical (unpaired) electrons. The Morgan fingerprint density at radius 2 is 1.96 bits per heavy atom. The number of hydrogen-bond acceptors (Lipinski definition) is 6. The standard InChI is InChI=1S/C19H16N2O5S/c1-27(24,25)21-8-7-14-10-15(5-6-17(14)21)18(22)12-26-19(23)16-4-2-3-13(9-16)11-20/h2-6,9-10H,7-8,12H2,1H3. The molecule has 0 aromatic heterocycles. The van der Waals surface area contributed by atoms with E-state index in [1.807, 2.05) is 6.07 Å². The molecule has 1 aliphatic heterocycles. The topological polar surface area (TPSA) is 105 Å². The van der Waals surface area contributed by atoms with Crippen LogP contribution < -0.4 is 4.31 Å². The molecule has 0 saturated heterocycles. The molecular formula is C19H16N2O5S. The number of esters is 1. The van der Waals surface area contributed by atoms with Crippen molar-refractivity contribution in [1.82, 2.24) is 0 Å². The van der Waals surface area contributed by atoms with E-state index in [0.29, 0.717) is 29.8 Å². The molecule has 3 rings (SSSR count). The number of nitrogens with zero attached hydrogens (tertiary/aromatic N) is 2. The smallest absolute Gasteiger partial charge is 0.338 e. The lowest BCUT2D eigenvalue weighted by molar-refractivity contribution is 0.0474. The van der Waals surface area contributed by atoms with Crippen molar-refractivity contribution in [3.8, 4) is 6.07 Å². The first-order chi connectivity index (χ1) is 12.8. The van der Waals surface area contributed by atoms with Crippen LogP contribution in [0.1, 0.15) is 31.8 Å².